The fraction of sp³-hybridized carbons (Fsp3) is 0.0909. The van der Waals surface area contributed by atoms with Crippen LogP contribution in [0.2, 0.25) is 0 Å². The standard InChI is InChI=1S/C11H8N4O2S3/c16-8-4-20-11(19)15(8)10(17)12-5-1-2-6-7(3-5)14-9(18)13-6/h1-3H,4H2,(H,12,17)(H2,13,14,18). The lowest BCUT2D eigenvalue weighted by atomic mass is 10.3. The van der Waals surface area contributed by atoms with Crippen LogP contribution in [0.15, 0.2) is 18.2 Å². The number of aromatic amines is 2. The molecule has 9 heteroatoms. The Morgan fingerprint density at radius 3 is 2.75 bits per heavy atom. The number of thioether (sulfide) groups is 1. The summed E-state index contributed by atoms with van der Waals surface area (Å²) in [6.07, 6.45) is 0. The number of nitrogens with zero attached hydrogens (tertiary/aromatic N) is 1. The van der Waals surface area contributed by atoms with Gasteiger partial charge in [-0.05, 0) is 30.4 Å². The van der Waals surface area contributed by atoms with Crippen molar-refractivity contribution >= 4 is 69.2 Å². The van der Waals surface area contributed by atoms with E-state index in [0.29, 0.717) is 10.5 Å². The number of urea groups is 1. The van der Waals surface area contributed by atoms with E-state index in [-0.39, 0.29) is 16.0 Å². The van der Waals surface area contributed by atoms with E-state index in [1.165, 1.54) is 11.8 Å². The number of benzene rings is 1. The number of amides is 3. The number of rotatable bonds is 1. The molecule has 0 radical (unpaired) electrons. The van der Waals surface area contributed by atoms with Crippen molar-refractivity contribution in [3.05, 3.63) is 23.0 Å². The van der Waals surface area contributed by atoms with Gasteiger partial charge < -0.3 is 15.3 Å². The van der Waals surface area contributed by atoms with E-state index in [1.54, 1.807) is 18.2 Å². The van der Waals surface area contributed by atoms with E-state index in [2.05, 4.69) is 15.3 Å². The Morgan fingerprint density at radius 2 is 2.05 bits per heavy atom. The molecule has 0 unspecified atom stereocenters. The topological polar surface area (TPSA) is 81.0 Å². The molecule has 6 nitrogen and oxygen atoms in total. The summed E-state index contributed by atoms with van der Waals surface area (Å²) < 4.78 is 0.783. The molecule has 1 aliphatic heterocycles. The Morgan fingerprint density at radius 1 is 1.30 bits per heavy atom. The van der Waals surface area contributed by atoms with Gasteiger partial charge in [-0.25, -0.2) is 9.69 Å². The highest BCUT2D eigenvalue weighted by molar-refractivity contribution is 8.24. The van der Waals surface area contributed by atoms with Gasteiger partial charge in [0.1, 0.15) is 0 Å². The molecule has 3 N–H and O–H groups in total. The fourth-order valence-electron chi connectivity index (χ4n) is 1.84. The van der Waals surface area contributed by atoms with Crippen molar-refractivity contribution in [1.82, 2.24) is 14.9 Å². The Labute approximate surface area is 127 Å². The highest BCUT2D eigenvalue weighted by Gasteiger charge is 2.32. The Balaban J connectivity index is 1.85. The Bertz CT molecular complexity index is 778. The highest BCUT2D eigenvalue weighted by Crippen LogP contribution is 2.21. The van der Waals surface area contributed by atoms with Gasteiger partial charge in [0.15, 0.2) is 9.09 Å². The van der Waals surface area contributed by atoms with Crippen molar-refractivity contribution in [3.63, 3.8) is 0 Å². The lowest BCUT2D eigenvalue weighted by Gasteiger charge is -2.13. The van der Waals surface area contributed by atoms with Gasteiger partial charge in [0.25, 0.3) is 0 Å². The first-order valence-electron chi connectivity index (χ1n) is 5.57. The number of hydrogen-bond donors (Lipinski definition) is 3. The SMILES string of the molecule is O=C1CSC(=S)N1C(=O)Nc1ccc2[nH]c(=S)[nH]c2c1. The van der Waals surface area contributed by atoms with Crippen LogP contribution in [0.25, 0.3) is 11.0 Å². The maximum Gasteiger partial charge on any atom is 0.334 e. The van der Waals surface area contributed by atoms with Crippen LogP contribution < -0.4 is 5.32 Å². The zero-order valence-corrected chi connectivity index (χ0v) is 12.4. The van der Waals surface area contributed by atoms with Crippen LogP contribution in [0.1, 0.15) is 0 Å². The molecule has 102 valence electrons. The minimum atomic E-state index is -0.543. The summed E-state index contributed by atoms with van der Waals surface area (Å²) in [5.41, 5.74) is 2.18. The molecule has 2 heterocycles. The molecule has 3 amide bonds. The predicted octanol–water partition coefficient (Wildman–Crippen LogP) is 2.62. The number of thiocarbonyl (C=S) groups is 1. The number of carbonyl (C=O) groups is 2. The number of aromatic nitrogens is 2. The van der Waals surface area contributed by atoms with E-state index >= 15 is 0 Å². The molecule has 1 aromatic carbocycles. The molecular formula is C11H8N4O2S3. The molecule has 0 aliphatic carbocycles. The van der Waals surface area contributed by atoms with Crippen molar-refractivity contribution in [1.29, 1.82) is 0 Å². The second kappa shape index (κ2) is 5.00. The molecule has 0 saturated carbocycles. The fourth-order valence-corrected chi connectivity index (χ4v) is 3.11. The third-order valence-electron chi connectivity index (χ3n) is 2.72. The van der Waals surface area contributed by atoms with Crippen LogP contribution in [0.5, 0.6) is 0 Å². The van der Waals surface area contributed by atoms with Gasteiger partial charge >= 0.3 is 6.03 Å². The molecule has 0 spiro atoms. The maximum absolute atomic E-state index is 12.0. The smallest absolute Gasteiger partial charge is 0.331 e. The van der Waals surface area contributed by atoms with Crippen LogP contribution in [0.4, 0.5) is 10.5 Å². The summed E-state index contributed by atoms with van der Waals surface area (Å²) in [6.45, 7) is 0. The Kier molecular flexibility index (Phi) is 3.32. The summed E-state index contributed by atoms with van der Waals surface area (Å²) in [5.74, 6) is -0.101. The highest BCUT2D eigenvalue weighted by atomic mass is 32.2. The largest absolute Gasteiger partial charge is 0.334 e. The molecule has 20 heavy (non-hydrogen) atoms. The molecule has 3 rings (SSSR count). The number of carbonyl (C=O) groups excluding carboxylic acids is 2. The van der Waals surface area contributed by atoms with Crippen molar-refractivity contribution in [2.45, 2.75) is 0 Å². The third-order valence-corrected chi connectivity index (χ3v) is 4.28. The number of H-pyrrole nitrogens is 2. The Hall–Kier alpha value is -1.71. The van der Waals surface area contributed by atoms with E-state index in [0.717, 1.165) is 15.9 Å². The van der Waals surface area contributed by atoms with Crippen LogP contribution in [-0.2, 0) is 4.79 Å². The van der Waals surface area contributed by atoms with Crippen LogP contribution in [-0.4, -0.2) is 36.9 Å². The molecule has 1 saturated heterocycles. The second-order valence-electron chi connectivity index (χ2n) is 4.05. The van der Waals surface area contributed by atoms with Gasteiger partial charge in [-0.2, -0.15) is 0 Å². The van der Waals surface area contributed by atoms with Crippen LogP contribution in [0, 0.1) is 4.77 Å². The molecule has 1 aromatic heterocycles. The first-order valence-corrected chi connectivity index (χ1v) is 7.37. The number of nitrogens with one attached hydrogen (secondary N) is 3. The molecule has 2 aromatic rings. The minimum absolute atomic E-state index is 0.205. The van der Waals surface area contributed by atoms with Crippen LogP contribution >= 0.6 is 36.2 Å². The minimum Gasteiger partial charge on any atom is -0.331 e. The monoisotopic (exact) mass is 324 g/mol. The van der Waals surface area contributed by atoms with Crippen molar-refractivity contribution in [2.24, 2.45) is 0 Å². The molecule has 1 fully saturated rings. The van der Waals surface area contributed by atoms with Gasteiger partial charge in [-0.1, -0.05) is 24.0 Å². The molecule has 0 atom stereocenters. The lowest BCUT2D eigenvalue weighted by molar-refractivity contribution is -0.121. The maximum atomic E-state index is 12.0. The summed E-state index contributed by atoms with van der Waals surface area (Å²) in [4.78, 5) is 30.5. The van der Waals surface area contributed by atoms with E-state index in [4.69, 9.17) is 24.4 Å². The lowest BCUT2D eigenvalue weighted by Crippen LogP contribution is -2.38. The van der Waals surface area contributed by atoms with Gasteiger partial charge in [-0.3, -0.25) is 4.79 Å². The first-order chi connectivity index (χ1) is 9.54. The average molecular weight is 324 g/mol. The van der Waals surface area contributed by atoms with Gasteiger partial charge in [0.2, 0.25) is 5.91 Å². The summed E-state index contributed by atoms with van der Waals surface area (Å²) >= 11 is 11.1. The number of imidazole rings is 1. The normalized spacial score (nSPS) is 15.1. The second-order valence-corrected chi connectivity index (χ2v) is 6.07. The number of imide groups is 1. The van der Waals surface area contributed by atoms with E-state index in [9.17, 15) is 9.59 Å². The van der Waals surface area contributed by atoms with Crippen LogP contribution in [0.3, 0.4) is 0 Å². The zero-order valence-electron chi connectivity index (χ0n) is 9.93. The van der Waals surface area contributed by atoms with Crippen molar-refractivity contribution in [3.8, 4) is 0 Å². The predicted molar refractivity (Wildman–Crippen MR) is 84.4 cm³/mol. The quantitative estimate of drug-likeness (QED) is 0.703. The van der Waals surface area contributed by atoms with Gasteiger partial charge in [-0.15, -0.1) is 0 Å². The summed E-state index contributed by atoms with van der Waals surface area (Å²) in [5, 5.41) is 2.64. The zero-order chi connectivity index (χ0) is 14.3. The molecule has 1 aliphatic rings. The number of anilines is 1. The number of hydrogen-bond acceptors (Lipinski definition) is 5. The van der Waals surface area contributed by atoms with Crippen molar-refractivity contribution < 1.29 is 9.59 Å². The number of fused-ring (bicyclic) bond motifs is 1. The summed E-state index contributed by atoms with van der Waals surface area (Å²) in [6, 6.07) is 4.70. The van der Waals surface area contributed by atoms with Crippen molar-refractivity contribution in [2.75, 3.05) is 11.1 Å². The first kappa shape index (κ1) is 13.3. The van der Waals surface area contributed by atoms with E-state index in [1.807, 2.05) is 0 Å². The van der Waals surface area contributed by atoms with E-state index < -0.39 is 6.03 Å². The summed E-state index contributed by atoms with van der Waals surface area (Å²) in [7, 11) is 0. The third kappa shape index (κ3) is 2.35. The van der Waals surface area contributed by atoms with Gasteiger partial charge in [0, 0.05) is 5.69 Å². The average Bonchev–Trinajstić information content (AvgIpc) is 2.91. The molecule has 0 bridgehead atoms. The van der Waals surface area contributed by atoms with Gasteiger partial charge in [0.05, 0.1) is 16.8 Å². The molecular weight excluding hydrogens is 316 g/mol.